The number of nitrogens with zero attached hydrogens (tertiary/aromatic N) is 1. The van der Waals surface area contributed by atoms with Crippen LogP contribution in [-0.2, 0) is 9.53 Å². The fourth-order valence-corrected chi connectivity index (χ4v) is 2.03. The van der Waals surface area contributed by atoms with E-state index in [1.54, 1.807) is 29.2 Å². The van der Waals surface area contributed by atoms with Crippen LogP contribution in [0, 0.1) is 0 Å². The van der Waals surface area contributed by atoms with Gasteiger partial charge in [0, 0.05) is 17.8 Å². The van der Waals surface area contributed by atoms with Gasteiger partial charge in [0.1, 0.15) is 6.61 Å². The van der Waals surface area contributed by atoms with Gasteiger partial charge < -0.3 is 15.4 Å². The monoisotopic (exact) mass is 248 g/mol. The number of ketones is 1. The third-order valence-corrected chi connectivity index (χ3v) is 2.97. The first kappa shape index (κ1) is 12.7. The van der Waals surface area contributed by atoms with Crippen molar-refractivity contribution in [3.05, 3.63) is 29.8 Å². The van der Waals surface area contributed by atoms with Crippen LogP contribution in [0.15, 0.2) is 24.3 Å². The van der Waals surface area contributed by atoms with E-state index in [1.165, 1.54) is 6.92 Å². The van der Waals surface area contributed by atoms with Gasteiger partial charge in [-0.3, -0.25) is 9.59 Å². The Kier molecular flexibility index (Phi) is 3.74. The average Bonchev–Trinajstić information content (AvgIpc) is 2.38. The van der Waals surface area contributed by atoms with Gasteiger partial charge in [0.15, 0.2) is 5.78 Å². The zero-order valence-electron chi connectivity index (χ0n) is 10.3. The summed E-state index contributed by atoms with van der Waals surface area (Å²) in [6.45, 7) is 2.31. The standard InChI is InChI=1S/C13H16N2O3/c1-9(16)10-3-2-4-11(5-10)15-12(6-14)7-18-8-13(15)17/h2-5,12H,6-8,14H2,1H3. The number of anilines is 1. The highest BCUT2D eigenvalue weighted by Gasteiger charge is 2.29. The number of hydrogen-bond donors (Lipinski definition) is 1. The third kappa shape index (κ3) is 2.42. The molecule has 1 aliphatic heterocycles. The van der Waals surface area contributed by atoms with Crippen LogP contribution in [0.3, 0.4) is 0 Å². The summed E-state index contributed by atoms with van der Waals surface area (Å²) in [5.41, 5.74) is 6.94. The van der Waals surface area contributed by atoms with Crippen LogP contribution < -0.4 is 10.6 Å². The molecule has 1 unspecified atom stereocenters. The SMILES string of the molecule is CC(=O)c1cccc(N2C(=O)COCC2CN)c1. The molecule has 1 aromatic rings. The Balaban J connectivity index is 2.35. The van der Waals surface area contributed by atoms with E-state index >= 15 is 0 Å². The van der Waals surface area contributed by atoms with E-state index < -0.39 is 0 Å². The van der Waals surface area contributed by atoms with Gasteiger partial charge in [0.2, 0.25) is 0 Å². The van der Waals surface area contributed by atoms with Crippen molar-refractivity contribution >= 4 is 17.4 Å². The molecule has 0 spiro atoms. The molecule has 0 aliphatic carbocycles. The van der Waals surface area contributed by atoms with Crippen molar-refractivity contribution in [2.75, 3.05) is 24.7 Å². The number of carbonyl (C=O) groups is 2. The van der Waals surface area contributed by atoms with Crippen LogP contribution in [0.4, 0.5) is 5.69 Å². The van der Waals surface area contributed by atoms with Gasteiger partial charge in [-0.25, -0.2) is 0 Å². The maximum atomic E-state index is 11.9. The first-order valence-corrected chi connectivity index (χ1v) is 5.84. The lowest BCUT2D eigenvalue weighted by atomic mass is 10.1. The Bertz CT molecular complexity index is 473. The van der Waals surface area contributed by atoms with Crippen LogP contribution in [0.1, 0.15) is 17.3 Å². The van der Waals surface area contributed by atoms with Gasteiger partial charge in [-0.15, -0.1) is 0 Å². The Morgan fingerprint density at radius 2 is 2.33 bits per heavy atom. The quantitative estimate of drug-likeness (QED) is 0.794. The second-order valence-corrected chi connectivity index (χ2v) is 4.27. The van der Waals surface area contributed by atoms with Crippen molar-refractivity contribution in [2.24, 2.45) is 5.73 Å². The first-order chi connectivity index (χ1) is 8.63. The van der Waals surface area contributed by atoms with Crippen molar-refractivity contribution in [1.82, 2.24) is 0 Å². The minimum atomic E-state index is -0.173. The summed E-state index contributed by atoms with van der Waals surface area (Å²) in [4.78, 5) is 24.9. The minimum absolute atomic E-state index is 0.0261. The number of rotatable bonds is 3. The number of hydrogen-bond acceptors (Lipinski definition) is 4. The molecule has 5 nitrogen and oxygen atoms in total. The van der Waals surface area contributed by atoms with Crippen LogP contribution in [-0.4, -0.2) is 37.5 Å². The molecule has 2 rings (SSSR count). The Morgan fingerprint density at radius 1 is 1.56 bits per heavy atom. The summed E-state index contributed by atoms with van der Waals surface area (Å²) < 4.78 is 5.18. The van der Waals surface area contributed by atoms with E-state index in [1.807, 2.05) is 0 Å². The smallest absolute Gasteiger partial charge is 0.253 e. The van der Waals surface area contributed by atoms with Gasteiger partial charge in [-0.1, -0.05) is 12.1 Å². The highest BCUT2D eigenvalue weighted by Crippen LogP contribution is 2.21. The molecule has 18 heavy (non-hydrogen) atoms. The topological polar surface area (TPSA) is 72.6 Å². The molecular formula is C13H16N2O3. The van der Waals surface area contributed by atoms with Crippen LogP contribution in [0.25, 0.3) is 0 Å². The van der Waals surface area contributed by atoms with Gasteiger partial charge in [0.25, 0.3) is 5.91 Å². The predicted octanol–water partition coefficient (Wildman–Crippen LogP) is 0.580. The summed E-state index contributed by atoms with van der Waals surface area (Å²) in [5.74, 6) is -0.153. The molecule has 0 saturated carbocycles. The highest BCUT2D eigenvalue weighted by atomic mass is 16.5. The second-order valence-electron chi connectivity index (χ2n) is 4.27. The van der Waals surface area contributed by atoms with Gasteiger partial charge in [0.05, 0.1) is 12.6 Å². The zero-order valence-corrected chi connectivity index (χ0v) is 10.3. The summed E-state index contributed by atoms with van der Waals surface area (Å²) in [6, 6.07) is 6.84. The summed E-state index contributed by atoms with van der Waals surface area (Å²) in [6.07, 6.45) is 0. The molecule has 1 aliphatic rings. The zero-order chi connectivity index (χ0) is 13.1. The fraction of sp³-hybridized carbons (Fsp3) is 0.385. The lowest BCUT2D eigenvalue weighted by Gasteiger charge is -2.34. The molecule has 0 bridgehead atoms. The summed E-state index contributed by atoms with van der Waals surface area (Å²) >= 11 is 0. The minimum Gasteiger partial charge on any atom is -0.369 e. The largest absolute Gasteiger partial charge is 0.369 e. The number of amides is 1. The fourth-order valence-electron chi connectivity index (χ4n) is 2.03. The van der Waals surface area contributed by atoms with E-state index in [0.29, 0.717) is 24.4 Å². The lowest BCUT2D eigenvalue weighted by molar-refractivity contribution is -0.127. The van der Waals surface area contributed by atoms with Crippen LogP contribution in [0.2, 0.25) is 0 Å². The van der Waals surface area contributed by atoms with Gasteiger partial charge in [-0.2, -0.15) is 0 Å². The van der Waals surface area contributed by atoms with E-state index in [-0.39, 0.29) is 24.3 Å². The number of benzene rings is 1. The molecule has 0 radical (unpaired) electrons. The lowest BCUT2D eigenvalue weighted by Crippen LogP contribution is -2.53. The van der Waals surface area contributed by atoms with Crippen molar-refractivity contribution in [1.29, 1.82) is 0 Å². The Morgan fingerprint density at radius 3 is 3.00 bits per heavy atom. The van der Waals surface area contributed by atoms with E-state index in [0.717, 1.165) is 0 Å². The van der Waals surface area contributed by atoms with Gasteiger partial charge >= 0.3 is 0 Å². The van der Waals surface area contributed by atoms with E-state index in [4.69, 9.17) is 10.5 Å². The molecule has 1 amide bonds. The highest BCUT2D eigenvalue weighted by molar-refractivity contribution is 5.99. The summed E-state index contributed by atoms with van der Waals surface area (Å²) in [7, 11) is 0. The molecule has 1 saturated heterocycles. The number of nitrogens with two attached hydrogens (primary N) is 1. The average molecular weight is 248 g/mol. The van der Waals surface area contributed by atoms with Crippen molar-refractivity contribution in [3.8, 4) is 0 Å². The maximum Gasteiger partial charge on any atom is 0.253 e. The van der Waals surface area contributed by atoms with Crippen molar-refractivity contribution in [2.45, 2.75) is 13.0 Å². The Labute approximate surface area is 106 Å². The molecule has 1 heterocycles. The molecular weight excluding hydrogens is 232 g/mol. The molecule has 0 aromatic heterocycles. The van der Waals surface area contributed by atoms with Crippen molar-refractivity contribution < 1.29 is 14.3 Å². The number of morpholine rings is 1. The molecule has 96 valence electrons. The molecule has 2 N–H and O–H groups in total. The number of carbonyl (C=O) groups excluding carboxylic acids is 2. The second kappa shape index (κ2) is 5.29. The first-order valence-electron chi connectivity index (χ1n) is 5.84. The van der Waals surface area contributed by atoms with E-state index in [9.17, 15) is 9.59 Å². The molecule has 1 aromatic carbocycles. The Hall–Kier alpha value is -1.72. The number of Topliss-reactive ketones (excluding diaryl/α,β-unsaturated/α-hetero) is 1. The van der Waals surface area contributed by atoms with Crippen LogP contribution in [0.5, 0.6) is 0 Å². The molecule has 5 heteroatoms. The van der Waals surface area contributed by atoms with Crippen LogP contribution >= 0.6 is 0 Å². The molecule has 1 atom stereocenters. The normalized spacial score (nSPS) is 20.0. The number of ether oxygens (including phenoxy) is 1. The predicted molar refractivity (Wildman–Crippen MR) is 67.6 cm³/mol. The van der Waals surface area contributed by atoms with Crippen molar-refractivity contribution in [3.63, 3.8) is 0 Å². The van der Waals surface area contributed by atoms with Gasteiger partial charge in [-0.05, 0) is 19.1 Å². The van der Waals surface area contributed by atoms with E-state index in [2.05, 4.69) is 0 Å². The molecule has 1 fully saturated rings. The summed E-state index contributed by atoms with van der Waals surface area (Å²) in [5, 5.41) is 0. The third-order valence-electron chi connectivity index (χ3n) is 2.97. The maximum absolute atomic E-state index is 11.9.